The lowest BCUT2D eigenvalue weighted by molar-refractivity contribution is 1.15. The van der Waals surface area contributed by atoms with E-state index in [1.807, 2.05) is 24.3 Å². The maximum absolute atomic E-state index is 6.07. The second-order valence-corrected chi connectivity index (χ2v) is 5.37. The summed E-state index contributed by atoms with van der Waals surface area (Å²) in [6.45, 7) is 0.723. The Bertz CT molecular complexity index is 529. The van der Waals surface area contributed by atoms with Crippen molar-refractivity contribution in [1.82, 2.24) is 0 Å². The third kappa shape index (κ3) is 3.63. The average molecular weight is 331 g/mol. The lowest BCUT2D eigenvalue weighted by atomic mass is 10.2. The van der Waals surface area contributed by atoms with Gasteiger partial charge in [-0.15, -0.1) is 0 Å². The van der Waals surface area contributed by atoms with Gasteiger partial charge in [-0.05, 0) is 35.9 Å². The highest BCUT2D eigenvalue weighted by Gasteiger charge is 2.01. The molecule has 1 nitrogen and oxygen atoms in total. The zero-order valence-corrected chi connectivity index (χ0v) is 12.0. The normalized spacial score (nSPS) is 10.3. The minimum absolute atomic E-state index is 0.632. The van der Waals surface area contributed by atoms with Crippen LogP contribution in [0.5, 0.6) is 0 Å². The molecule has 2 rings (SSSR count). The van der Waals surface area contributed by atoms with Crippen LogP contribution in [0.2, 0.25) is 10.0 Å². The van der Waals surface area contributed by atoms with Crippen molar-refractivity contribution in [1.29, 1.82) is 0 Å². The van der Waals surface area contributed by atoms with Crippen molar-refractivity contribution >= 4 is 44.8 Å². The summed E-state index contributed by atoms with van der Waals surface area (Å²) in [5.74, 6) is 0. The molecule has 2 aromatic carbocycles. The van der Waals surface area contributed by atoms with Gasteiger partial charge in [-0.3, -0.25) is 0 Å². The molecule has 0 bridgehead atoms. The lowest BCUT2D eigenvalue weighted by Gasteiger charge is -2.09. The summed E-state index contributed by atoms with van der Waals surface area (Å²) >= 11 is 15.3. The average Bonchev–Trinajstić information content (AvgIpc) is 2.28. The highest BCUT2D eigenvalue weighted by molar-refractivity contribution is 9.10. The summed E-state index contributed by atoms with van der Waals surface area (Å²) in [6, 6.07) is 13.5. The number of rotatable bonds is 3. The van der Waals surface area contributed by atoms with Crippen molar-refractivity contribution in [2.75, 3.05) is 5.32 Å². The second-order valence-electron chi connectivity index (χ2n) is 3.61. The summed E-state index contributed by atoms with van der Waals surface area (Å²) in [5, 5.41) is 4.55. The second kappa shape index (κ2) is 5.76. The molecular formula is C13H10BrCl2N. The van der Waals surface area contributed by atoms with Crippen molar-refractivity contribution in [3.8, 4) is 0 Å². The molecule has 2 aromatic rings. The van der Waals surface area contributed by atoms with Crippen LogP contribution < -0.4 is 5.32 Å². The smallest absolute Gasteiger partial charge is 0.0652 e. The number of hydrogen-bond donors (Lipinski definition) is 1. The highest BCUT2D eigenvalue weighted by Crippen LogP contribution is 2.25. The molecule has 0 fully saturated rings. The predicted molar refractivity (Wildman–Crippen MR) is 77.9 cm³/mol. The first-order valence-corrected chi connectivity index (χ1v) is 6.63. The zero-order valence-electron chi connectivity index (χ0n) is 8.88. The summed E-state index contributed by atoms with van der Waals surface area (Å²) in [6.07, 6.45) is 0. The van der Waals surface area contributed by atoms with Gasteiger partial charge < -0.3 is 5.32 Å². The number of anilines is 1. The van der Waals surface area contributed by atoms with Gasteiger partial charge in [-0.2, -0.15) is 0 Å². The molecule has 0 radical (unpaired) electrons. The number of hydrogen-bond acceptors (Lipinski definition) is 1. The summed E-state index contributed by atoms with van der Waals surface area (Å²) in [7, 11) is 0. The first kappa shape index (κ1) is 12.7. The molecule has 0 amide bonds. The van der Waals surface area contributed by atoms with Crippen molar-refractivity contribution in [3.63, 3.8) is 0 Å². The Morgan fingerprint density at radius 3 is 2.59 bits per heavy atom. The SMILES string of the molecule is Clc1ccc(NCc2cccc(Br)c2)c(Cl)c1. The molecule has 0 atom stereocenters. The van der Waals surface area contributed by atoms with Crippen molar-refractivity contribution in [3.05, 3.63) is 62.5 Å². The molecule has 0 spiro atoms. The Kier molecular flexibility index (Phi) is 4.32. The third-order valence-electron chi connectivity index (χ3n) is 2.30. The minimum Gasteiger partial charge on any atom is -0.380 e. The Balaban J connectivity index is 2.07. The van der Waals surface area contributed by atoms with E-state index in [4.69, 9.17) is 23.2 Å². The number of benzene rings is 2. The Hall–Kier alpha value is -0.700. The molecule has 0 unspecified atom stereocenters. The molecule has 0 saturated carbocycles. The molecule has 88 valence electrons. The van der Waals surface area contributed by atoms with Gasteiger partial charge in [0.15, 0.2) is 0 Å². The van der Waals surface area contributed by atoms with Crippen molar-refractivity contribution in [2.45, 2.75) is 6.54 Å². The monoisotopic (exact) mass is 329 g/mol. The molecular weight excluding hydrogens is 321 g/mol. The fourth-order valence-corrected chi connectivity index (χ4v) is 2.40. The van der Waals surface area contributed by atoms with Crippen LogP contribution >= 0.6 is 39.1 Å². The van der Waals surface area contributed by atoms with E-state index in [2.05, 4.69) is 33.4 Å². The largest absolute Gasteiger partial charge is 0.380 e. The molecule has 0 aliphatic carbocycles. The van der Waals surface area contributed by atoms with E-state index in [1.54, 1.807) is 6.07 Å². The van der Waals surface area contributed by atoms with Crippen LogP contribution in [-0.4, -0.2) is 0 Å². The standard InChI is InChI=1S/C13H10BrCl2N/c14-10-3-1-2-9(6-10)8-17-13-5-4-11(15)7-12(13)16/h1-7,17H,8H2. The van der Waals surface area contributed by atoms with Crippen molar-refractivity contribution < 1.29 is 0 Å². The fourth-order valence-electron chi connectivity index (χ4n) is 1.48. The van der Waals surface area contributed by atoms with Gasteiger partial charge in [0.2, 0.25) is 0 Å². The molecule has 17 heavy (non-hydrogen) atoms. The first-order valence-electron chi connectivity index (χ1n) is 5.08. The number of nitrogens with one attached hydrogen (secondary N) is 1. The Morgan fingerprint density at radius 1 is 1.06 bits per heavy atom. The molecule has 0 aliphatic heterocycles. The predicted octanol–water partition coefficient (Wildman–Crippen LogP) is 5.37. The minimum atomic E-state index is 0.632. The van der Waals surface area contributed by atoms with Crippen LogP contribution in [0.15, 0.2) is 46.9 Å². The maximum Gasteiger partial charge on any atom is 0.0652 e. The van der Waals surface area contributed by atoms with Crippen LogP contribution in [0.4, 0.5) is 5.69 Å². The number of halogens is 3. The van der Waals surface area contributed by atoms with Gasteiger partial charge in [0.25, 0.3) is 0 Å². The third-order valence-corrected chi connectivity index (χ3v) is 3.34. The summed E-state index contributed by atoms with van der Waals surface area (Å²) in [5.41, 5.74) is 2.07. The summed E-state index contributed by atoms with van der Waals surface area (Å²) in [4.78, 5) is 0. The van der Waals surface area contributed by atoms with Crippen molar-refractivity contribution in [2.24, 2.45) is 0 Å². The van der Waals surface area contributed by atoms with Crippen LogP contribution in [0.1, 0.15) is 5.56 Å². The van der Waals surface area contributed by atoms with Gasteiger partial charge in [0.1, 0.15) is 0 Å². The van der Waals surface area contributed by atoms with E-state index >= 15 is 0 Å². The van der Waals surface area contributed by atoms with E-state index < -0.39 is 0 Å². The molecule has 0 aromatic heterocycles. The fraction of sp³-hybridized carbons (Fsp3) is 0.0769. The van der Waals surface area contributed by atoms with E-state index in [9.17, 15) is 0 Å². The molecule has 4 heteroatoms. The Labute approximate surface area is 119 Å². The molecule has 1 N–H and O–H groups in total. The van der Waals surface area contributed by atoms with Crippen LogP contribution in [-0.2, 0) is 6.54 Å². The summed E-state index contributed by atoms with van der Waals surface area (Å²) < 4.78 is 1.07. The van der Waals surface area contributed by atoms with Gasteiger partial charge in [0, 0.05) is 16.0 Å². The Morgan fingerprint density at radius 2 is 1.88 bits per heavy atom. The lowest BCUT2D eigenvalue weighted by Crippen LogP contribution is -1.99. The van der Waals surface area contributed by atoms with Gasteiger partial charge in [-0.25, -0.2) is 0 Å². The van der Waals surface area contributed by atoms with Crippen LogP contribution in [0, 0.1) is 0 Å². The van der Waals surface area contributed by atoms with E-state index in [1.165, 1.54) is 5.56 Å². The quantitative estimate of drug-likeness (QED) is 0.797. The zero-order chi connectivity index (χ0) is 12.3. The van der Waals surface area contributed by atoms with E-state index in [0.717, 1.165) is 16.7 Å². The molecule has 0 heterocycles. The highest BCUT2D eigenvalue weighted by atomic mass is 79.9. The maximum atomic E-state index is 6.07. The molecule has 0 saturated heterocycles. The first-order chi connectivity index (χ1) is 8.15. The van der Waals surface area contributed by atoms with Gasteiger partial charge >= 0.3 is 0 Å². The van der Waals surface area contributed by atoms with Crippen LogP contribution in [0.3, 0.4) is 0 Å². The van der Waals surface area contributed by atoms with Gasteiger partial charge in [-0.1, -0.05) is 51.3 Å². The molecule has 0 aliphatic rings. The van der Waals surface area contributed by atoms with Crippen LogP contribution in [0.25, 0.3) is 0 Å². The van der Waals surface area contributed by atoms with E-state index in [0.29, 0.717) is 10.0 Å². The topological polar surface area (TPSA) is 12.0 Å². The van der Waals surface area contributed by atoms with E-state index in [-0.39, 0.29) is 0 Å². The van der Waals surface area contributed by atoms with Gasteiger partial charge in [0.05, 0.1) is 10.7 Å².